The van der Waals surface area contributed by atoms with Crippen molar-refractivity contribution in [3.63, 3.8) is 0 Å². The zero-order valence-electron chi connectivity index (χ0n) is 4.39. The molecule has 0 aliphatic rings. The maximum absolute atomic E-state index is 5.45. The van der Waals surface area contributed by atoms with Gasteiger partial charge in [0, 0.05) is 6.92 Å². The van der Waals surface area contributed by atoms with Crippen molar-refractivity contribution >= 4 is 22.9 Å². The highest BCUT2D eigenvalue weighted by atomic mass is 35.5. The van der Waals surface area contributed by atoms with E-state index < -0.39 is 0 Å². The topological polar surface area (TPSA) is 25.8 Å². The SMILES string of the molecule is [CH2]C#Cc1nnc(Cl)s1. The first-order valence-corrected chi connectivity index (χ1v) is 3.29. The van der Waals surface area contributed by atoms with Crippen LogP contribution >= 0.6 is 22.9 Å². The second-order valence-corrected chi connectivity index (χ2v) is 2.72. The molecule has 2 nitrogen and oxygen atoms in total. The Labute approximate surface area is 61.9 Å². The normalized spacial score (nSPS) is 8.22. The van der Waals surface area contributed by atoms with Gasteiger partial charge in [-0.15, -0.1) is 10.2 Å². The van der Waals surface area contributed by atoms with E-state index in [2.05, 4.69) is 29.0 Å². The molecular formula is C5H2ClN2S. The van der Waals surface area contributed by atoms with Crippen LogP contribution in [0.25, 0.3) is 0 Å². The highest BCUT2D eigenvalue weighted by molar-refractivity contribution is 7.15. The van der Waals surface area contributed by atoms with Crippen LogP contribution in [0.5, 0.6) is 0 Å². The third-order valence-electron chi connectivity index (χ3n) is 0.596. The van der Waals surface area contributed by atoms with E-state index in [1.165, 1.54) is 11.3 Å². The maximum atomic E-state index is 5.45. The molecule has 0 saturated carbocycles. The molecule has 0 N–H and O–H groups in total. The predicted octanol–water partition coefficient (Wildman–Crippen LogP) is 1.38. The van der Waals surface area contributed by atoms with Gasteiger partial charge in [-0.2, -0.15) is 0 Å². The molecule has 1 rings (SSSR count). The largest absolute Gasteiger partial charge is 0.208 e. The Kier molecular flexibility index (Phi) is 2.04. The molecule has 0 amide bonds. The van der Waals surface area contributed by atoms with Crippen LogP contribution in [0.1, 0.15) is 5.01 Å². The Morgan fingerprint density at radius 1 is 1.56 bits per heavy atom. The fraction of sp³-hybridized carbons (Fsp3) is 0. The molecule has 0 aliphatic carbocycles. The summed E-state index contributed by atoms with van der Waals surface area (Å²) < 4.78 is 0.410. The van der Waals surface area contributed by atoms with Crippen molar-refractivity contribution in [3.8, 4) is 11.8 Å². The van der Waals surface area contributed by atoms with Gasteiger partial charge in [0.05, 0.1) is 0 Å². The van der Waals surface area contributed by atoms with Crippen LogP contribution in [0.2, 0.25) is 4.47 Å². The highest BCUT2D eigenvalue weighted by Crippen LogP contribution is 2.12. The van der Waals surface area contributed by atoms with Gasteiger partial charge in [0.15, 0.2) is 5.01 Å². The summed E-state index contributed by atoms with van der Waals surface area (Å²) in [5.74, 6) is 5.07. The number of rotatable bonds is 0. The Bertz CT molecular complexity index is 257. The first kappa shape index (κ1) is 6.53. The molecule has 0 aliphatic heterocycles. The summed E-state index contributed by atoms with van der Waals surface area (Å²) in [5.41, 5.74) is 0. The molecule has 9 heavy (non-hydrogen) atoms. The minimum atomic E-state index is 0.410. The smallest absolute Gasteiger partial charge is 0.128 e. The average molecular weight is 158 g/mol. The van der Waals surface area contributed by atoms with Crippen molar-refractivity contribution in [2.45, 2.75) is 0 Å². The van der Waals surface area contributed by atoms with Gasteiger partial charge >= 0.3 is 0 Å². The van der Waals surface area contributed by atoms with E-state index in [1.54, 1.807) is 0 Å². The van der Waals surface area contributed by atoms with Crippen molar-refractivity contribution in [2.24, 2.45) is 0 Å². The molecule has 0 atom stereocenters. The summed E-state index contributed by atoms with van der Waals surface area (Å²) in [6.45, 7) is 3.32. The summed E-state index contributed by atoms with van der Waals surface area (Å²) in [6.07, 6.45) is 0. The quantitative estimate of drug-likeness (QED) is 0.532. The molecule has 1 heterocycles. The fourth-order valence-corrected chi connectivity index (χ4v) is 1.03. The molecule has 0 saturated heterocycles. The van der Waals surface area contributed by atoms with Gasteiger partial charge in [0.2, 0.25) is 4.47 Å². The van der Waals surface area contributed by atoms with Crippen LogP contribution in [0.3, 0.4) is 0 Å². The number of nitrogens with zero attached hydrogens (tertiary/aromatic N) is 2. The van der Waals surface area contributed by atoms with Crippen LogP contribution in [0, 0.1) is 18.8 Å². The Hall–Kier alpha value is -0.590. The van der Waals surface area contributed by atoms with Gasteiger partial charge in [0.1, 0.15) is 0 Å². The average Bonchev–Trinajstić information content (AvgIpc) is 2.17. The van der Waals surface area contributed by atoms with E-state index in [1.807, 2.05) is 0 Å². The van der Waals surface area contributed by atoms with E-state index in [9.17, 15) is 0 Å². The molecule has 1 aromatic heterocycles. The maximum Gasteiger partial charge on any atom is 0.208 e. The molecule has 45 valence electrons. The van der Waals surface area contributed by atoms with Crippen molar-refractivity contribution < 1.29 is 0 Å². The third-order valence-corrected chi connectivity index (χ3v) is 1.53. The van der Waals surface area contributed by atoms with Crippen molar-refractivity contribution in [3.05, 3.63) is 16.4 Å². The standard InChI is InChI=1S/C5H2ClN2S/c1-2-3-4-7-8-5(6)9-4/h1H2. The summed E-state index contributed by atoms with van der Waals surface area (Å²) in [7, 11) is 0. The lowest BCUT2D eigenvalue weighted by molar-refractivity contribution is 1.08. The van der Waals surface area contributed by atoms with E-state index >= 15 is 0 Å². The summed E-state index contributed by atoms with van der Waals surface area (Å²) in [5, 5.41) is 7.77. The minimum Gasteiger partial charge on any atom is -0.128 e. The highest BCUT2D eigenvalue weighted by Gasteiger charge is 1.94. The van der Waals surface area contributed by atoms with Gasteiger partial charge in [-0.05, 0) is 17.5 Å². The van der Waals surface area contributed by atoms with Crippen molar-refractivity contribution in [1.29, 1.82) is 0 Å². The van der Waals surface area contributed by atoms with Crippen LogP contribution in [0.4, 0.5) is 0 Å². The van der Waals surface area contributed by atoms with Gasteiger partial charge < -0.3 is 0 Å². The summed E-state index contributed by atoms with van der Waals surface area (Å²) in [4.78, 5) is 0. The molecule has 0 fully saturated rings. The van der Waals surface area contributed by atoms with E-state index in [-0.39, 0.29) is 0 Å². The summed E-state index contributed by atoms with van der Waals surface area (Å²) >= 11 is 6.69. The number of hydrogen-bond donors (Lipinski definition) is 0. The third kappa shape index (κ3) is 1.67. The van der Waals surface area contributed by atoms with Crippen molar-refractivity contribution in [2.75, 3.05) is 0 Å². The van der Waals surface area contributed by atoms with E-state index in [0.717, 1.165) is 0 Å². The fourth-order valence-electron chi connectivity index (χ4n) is 0.331. The molecule has 0 spiro atoms. The number of hydrogen-bond acceptors (Lipinski definition) is 3. The first-order valence-electron chi connectivity index (χ1n) is 2.10. The van der Waals surface area contributed by atoms with Crippen LogP contribution in [0.15, 0.2) is 0 Å². The lowest BCUT2D eigenvalue weighted by atomic mass is 10.6. The lowest BCUT2D eigenvalue weighted by Crippen LogP contribution is -1.69. The van der Waals surface area contributed by atoms with Gasteiger partial charge in [0.25, 0.3) is 0 Å². The second kappa shape index (κ2) is 2.81. The van der Waals surface area contributed by atoms with E-state index in [0.29, 0.717) is 9.47 Å². The Balaban J connectivity index is 2.93. The summed E-state index contributed by atoms with van der Waals surface area (Å²) in [6, 6.07) is 0. The zero-order valence-corrected chi connectivity index (χ0v) is 5.96. The lowest BCUT2D eigenvalue weighted by Gasteiger charge is -1.66. The molecular weight excluding hydrogens is 156 g/mol. The van der Waals surface area contributed by atoms with E-state index in [4.69, 9.17) is 11.6 Å². The van der Waals surface area contributed by atoms with Gasteiger partial charge in [-0.25, -0.2) is 0 Å². The molecule has 1 radical (unpaired) electrons. The monoisotopic (exact) mass is 157 g/mol. The molecule has 0 bridgehead atoms. The van der Waals surface area contributed by atoms with Gasteiger partial charge in [-0.3, -0.25) is 0 Å². The zero-order chi connectivity index (χ0) is 6.69. The Morgan fingerprint density at radius 2 is 2.33 bits per heavy atom. The first-order chi connectivity index (χ1) is 4.33. The van der Waals surface area contributed by atoms with Crippen molar-refractivity contribution in [1.82, 2.24) is 10.2 Å². The molecule has 0 unspecified atom stereocenters. The van der Waals surface area contributed by atoms with Crippen LogP contribution in [-0.4, -0.2) is 10.2 Å². The number of aromatic nitrogens is 2. The second-order valence-electron chi connectivity index (χ2n) is 1.16. The molecule has 4 heteroatoms. The van der Waals surface area contributed by atoms with Crippen LogP contribution < -0.4 is 0 Å². The van der Waals surface area contributed by atoms with Crippen LogP contribution in [-0.2, 0) is 0 Å². The van der Waals surface area contributed by atoms with Gasteiger partial charge in [-0.1, -0.05) is 17.3 Å². The molecule has 0 aromatic carbocycles. The minimum absolute atomic E-state index is 0.410. The Morgan fingerprint density at radius 3 is 2.78 bits per heavy atom. The molecule has 1 aromatic rings. The number of halogens is 1. The predicted molar refractivity (Wildman–Crippen MR) is 37.2 cm³/mol.